The van der Waals surface area contributed by atoms with Gasteiger partial charge in [0.25, 0.3) is 5.69 Å². The fourth-order valence-electron chi connectivity index (χ4n) is 1.58. The van der Waals surface area contributed by atoms with E-state index in [1.165, 1.54) is 6.07 Å². The van der Waals surface area contributed by atoms with Crippen LogP contribution in [0.2, 0.25) is 0 Å². The highest BCUT2D eigenvalue weighted by Crippen LogP contribution is 2.37. The van der Waals surface area contributed by atoms with Gasteiger partial charge >= 0.3 is 6.18 Å². The molecule has 106 valence electrons. The number of nitrogens with one attached hydrogen (secondary N) is 1. The summed E-state index contributed by atoms with van der Waals surface area (Å²) in [6.07, 6.45) is -4.14. The highest BCUT2D eigenvalue weighted by atomic mass is 19.4. The molecule has 0 amide bonds. The first-order valence-electron chi connectivity index (χ1n) is 5.61. The van der Waals surface area contributed by atoms with Crippen LogP contribution >= 0.6 is 0 Å². The van der Waals surface area contributed by atoms with E-state index in [0.717, 1.165) is 12.1 Å². The van der Waals surface area contributed by atoms with E-state index < -0.39 is 22.4 Å². The van der Waals surface area contributed by atoms with Gasteiger partial charge in [0, 0.05) is 24.3 Å². The normalized spacial score (nSPS) is 13.1. The summed E-state index contributed by atoms with van der Waals surface area (Å²) in [6, 6.07) is 2.64. The minimum Gasteiger partial charge on any atom is -0.381 e. The largest absolute Gasteiger partial charge is 0.423 e. The monoisotopic (exact) mass is 277 g/mol. The number of hydrogen-bond donors (Lipinski definition) is 2. The summed E-state index contributed by atoms with van der Waals surface area (Å²) in [5.74, 6) is 0. The molecule has 8 heteroatoms. The fourth-order valence-corrected chi connectivity index (χ4v) is 1.58. The summed E-state index contributed by atoms with van der Waals surface area (Å²) in [4.78, 5) is 9.53. The van der Waals surface area contributed by atoms with Crippen LogP contribution in [-0.2, 0) is 6.18 Å². The lowest BCUT2D eigenvalue weighted by molar-refractivity contribution is -0.388. The Balaban J connectivity index is 3.15. The summed E-state index contributed by atoms with van der Waals surface area (Å²) >= 11 is 0. The fraction of sp³-hybridized carbons (Fsp3) is 0.455. The molecule has 0 aliphatic heterocycles. The van der Waals surface area contributed by atoms with Gasteiger partial charge in [-0.25, -0.2) is 0 Å². The molecule has 5 nitrogen and oxygen atoms in total. The van der Waals surface area contributed by atoms with Gasteiger partial charge in [-0.1, -0.05) is 6.92 Å². The molecule has 0 aliphatic carbocycles. The zero-order valence-corrected chi connectivity index (χ0v) is 10.2. The number of nitrogens with two attached hydrogens (primary N) is 1. The summed E-state index contributed by atoms with van der Waals surface area (Å²) < 4.78 is 38.2. The third kappa shape index (κ3) is 3.82. The summed E-state index contributed by atoms with van der Waals surface area (Å²) in [5, 5.41) is 13.4. The van der Waals surface area contributed by atoms with E-state index in [-0.39, 0.29) is 18.3 Å². The maximum atomic E-state index is 12.7. The lowest BCUT2D eigenvalue weighted by Crippen LogP contribution is -2.28. The molecule has 3 N–H and O–H groups in total. The van der Waals surface area contributed by atoms with Crippen molar-refractivity contribution >= 4 is 11.4 Å². The Morgan fingerprint density at radius 1 is 1.47 bits per heavy atom. The minimum absolute atomic E-state index is 0.162. The molecule has 0 spiro atoms. The number of benzene rings is 1. The average molecular weight is 277 g/mol. The van der Waals surface area contributed by atoms with E-state index in [9.17, 15) is 23.3 Å². The van der Waals surface area contributed by atoms with Crippen molar-refractivity contribution in [3.63, 3.8) is 0 Å². The van der Waals surface area contributed by atoms with Crippen LogP contribution < -0.4 is 11.1 Å². The van der Waals surface area contributed by atoms with Crippen LogP contribution in [-0.4, -0.2) is 17.5 Å². The average Bonchev–Trinajstić information content (AvgIpc) is 2.34. The number of anilines is 1. The van der Waals surface area contributed by atoms with Crippen LogP contribution in [0.3, 0.4) is 0 Å². The molecule has 1 aromatic carbocycles. The first-order chi connectivity index (χ1) is 8.79. The maximum Gasteiger partial charge on any atom is 0.423 e. The molecule has 0 aliphatic rings. The third-order valence-corrected chi connectivity index (χ3v) is 2.65. The van der Waals surface area contributed by atoms with Gasteiger partial charge in [0.1, 0.15) is 5.56 Å². The Bertz CT molecular complexity index is 459. The molecule has 0 aromatic heterocycles. The summed E-state index contributed by atoms with van der Waals surface area (Å²) in [7, 11) is 0. The van der Waals surface area contributed by atoms with Gasteiger partial charge in [-0.3, -0.25) is 10.1 Å². The molecule has 0 radical (unpaired) electrons. The molecular weight excluding hydrogens is 263 g/mol. The molecule has 1 atom stereocenters. The molecule has 0 heterocycles. The minimum atomic E-state index is -4.77. The van der Waals surface area contributed by atoms with Crippen molar-refractivity contribution in [1.82, 2.24) is 0 Å². The van der Waals surface area contributed by atoms with E-state index in [4.69, 9.17) is 5.73 Å². The van der Waals surface area contributed by atoms with Gasteiger partial charge in [0.15, 0.2) is 0 Å². The van der Waals surface area contributed by atoms with E-state index >= 15 is 0 Å². The Morgan fingerprint density at radius 3 is 2.53 bits per heavy atom. The summed E-state index contributed by atoms with van der Waals surface area (Å²) in [6.45, 7) is 2.09. The molecule has 0 bridgehead atoms. The standard InChI is InChI=1S/C11H14F3N3O2/c1-2-7(6-15)16-8-3-4-10(17(18)19)9(5-8)11(12,13)14/h3-5,7,16H,2,6,15H2,1H3. The molecule has 1 aromatic rings. The van der Waals surface area contributed by atoms with E-state index in [0.29, 0.717) is 6.42 Å². The van der Waals surface area contributed by atoms with Gasteiger partial charge in [-0.05, 0) is 18.6 Å². The van der Waals surface area contributed by atoms with E-state index in [2.05, 4.69) is 5.32 Å². The number of hydrogen-bond acceptors (Lipinski definition) is 4. The summed E-state index contributed by atoms with van der Waals surface area (Å²) in [5.41, 5.74) is 3.37. The highest BCUT2D eigenvalue weighted by Gasteiger charge is 2.38. The van der Waals surface area contributed by atoms with Crippen LogP contribution in [0.5, 0.6) is 0 Å². The van der Waals surface area contributed by atoms with Crippen LogP contribution in [0.25, 0.3) is 0 Å². The van der Waals surface area contributed by atoms with Gasteiger partial charge in [0.2, 0.25) is 0 Å². The Hall–Kier alpha value is -1.83. The number of halogens is 3. The lowest BCUT2D eigenvalue weighted by atomic mass is 10.1. The van der Waals surface area contributed by atoms with Crippen molar-refractivity contribution in [3.8, 4) is 0 Å². The molecule has 1 rings (SSSR count). The topological polar surface area (TPSA) is 81.2 Å². The van der Waals surface area contributed by atoms with Crippen LogP contribution in [0.4, 0.5) is 24.5 Å². The zero-order chi connectivity index (χ0) is 14.6. The van der Waals surface area contributed by atoms with Crippen molar-refractivity contribution in [2.75, 3.05) is 11.9 Å². The second-order valence-electron chi connectivity index (χ2n) is 3.97. The highest BCUT2D eigenvalue weighted by molar-refractivity contribution is 5.55. The Kier molecular flexibility index (Phi) is 4.71. The van der Waals surface area contributed by atoms with Gasteiger partial charge in [-0.15, -0.1) is 0 Å². The molecule has 19 heavy (non-hydrogen) atoms. The van der Waals surface area contributed by atoms with Gasteiger partial charge < -0.3 is 11.1 Å². The number of nitro benzene ring substituents is 1. The first kappa shape index (κ1) is 15.2. The van der Waals surface area contributed by atoms with Gasteiger partial charge in [-0.2, -0.15) is 13.2 Å². The third-order valence-electron chi connectivity index (χ3n) is 2.65. The lowest BCUT2D eigenvalue weighted by Gasteiger charge is -2.17. The SMILES string of the molecule is CCC(CN)Nc1ccc([N+](=O)[O-])c(C(F)(F)F)c1. The predicted octanol–water partition coefficient (Wildman–Crippen LogP) is 2.76. The molecule has 0 saturated carbocycles. The van der Waals surface area contributed by atoms with Crippen LogP contribution in [0.15, 0.2) is 18.2 Å². The molecule has 1 unspecified atom stereocenters. The van der Waals surface area contributed by atoms with Gasteiger partial charge in [0.05, 0.1) is 4.92 Å². The van der Waals surface area contributed by atoms with E-state index in [1.54, 1.807) is 0 Å². The first-order valence-corrected chi connectivity index (χ1v) is 5.61. The number of rotatable bonds is 5. The zero-order valence-electron chi connectivity index (χ0n) is 10.2. The Morgan fingerprint density at radius 2 is 2.11 bits per heavy atom. The maximum absolute atomic E-state index is 12.7. The predicted molar refractivity (Wildman–Crippen MR) is 64.9 cm³/mol. The quantitative estimate of drug-likeness (QED) is 0.640. The Labute approximate surface area is 107 Å². The van der Waals surface area contributed by atoms with E-state index in [1.807, 2.05) is 6.92 Å². The van der Waals surface area contributed by atoms with Crippen LogP contribution in [0.1, 0.15) is 18.9 Å². The van der Waals surface area contributed by atoms with Crippen molar-refractivity contribution in [2.45, 2.75) is 25.6 Å². The molecular formula is C11H14F3N3O2. The van der Waals surface area contributed by atoms with Crippen molar-refractivity contribution in [3.05, 3.63) is 33.9 Å². The molecule has 0 saturated heterocycles. The van der Waals surface area contributed by atoms with Crippen molar-refractivity contribution in [2.24, 2.45) is 5.73 Å². The number of nitrogens with zero attached hydrogens (tertiary/aromatic N) is 1. The smallest absolute Gasteiger partial charge is 0.381 e. The number of alkyl halides is 3. The number of nitro groups is 1. The molecule has 0 fully saturated rings. The second-order valence-corrected chi connectivity index (χ2v) is 3.97. The second kappa shape index (κ2) is 5.87. The van der Waals surface area contributed by atoms with Crippen LogP contribution in [0, 0.1) is 10.1 Å². The van der Waals surface area contributed by atoms with Crippen molar-refractivity contribution < 1.29 is 18.1 Å². The van der Waals surface area contributed by atoms with Crippen molar-refractivity contribution in [1.29, 1.82) is 0 Å².